The van der Waals surface area contributed by atoms with Crippen LogP contribution in [0.3, 0.4) is 0 Å². The molecule has 0 heterocycles. The van der Waals surface area contributed by atoms with Crippen molar-refractivity contribution in [1.29, 1.82) is 0 Å². The normalized spacial score (nSPS) is 9.86. The summed E-state index contributed by atoms with van der Waals surface area (Å²) in [6.07, 6.45) is 0.767. The second-order valence-electron chi connectivity index (χ2n) is 4.70. The van der Waals surface area contributed by atoms with Crippen molar-refractivity contribution in [2.24, 2.45) is 0 Å². The fourth-order valence-corrected chi connectivity index (χ4v) is 1.61. The van der Waals surface area contributed by atoms with E-state index in [4.69, 9.17) is 4.74 Å². The summed E-state index contributed by atoms with van der Waals surface area (Å²) in [6, 6.07) is 4.80. The summed E-state index contributed by atoms with van der Waals surface area (Å²) in [5, 5.41) is 4.57. The molecule has 0 fully saturated rings. The third-order valence-corrected chi connectivity index (χ3v) is 2.74. The highest BCUT2D eigenvalue weighted by Gasteiger charge is 2.14. The molecule has 1 aromatic rings. The molecule has 0 unspecified atom stereocenters. The van der Waals surface area contributed by atoms with E-state index in [1.807, 2.05) is 26.0 Å². The number of aryl methyl sites for hydroxylation is 2. The molecular weight excluding hydrogens is 272 g/mol. The van der Waals surface area contributed by atoms with Gasteiger partial charge in [0.05, 0.1) is 5.56 Å². The number of benzene rings is 1. The van der Waals surface area contributed by atoms with Crippen molar-refractivity contribution in [3.63, 3.8) is 0 Å². The van der Waals surface area contributed by atoms with Gasteiger partial charge in [-0.3, -0.25) is 10.1 Å². The number of carbonyl (C=O) groups excluding carboxylic acids is 3. The molecule has 114 valence electrons. The molecule has 1 aromatic carbocycles. The maximum absolute atomic E-state index is 11.9. The second-order valence-corrected chi connectivity index (χ2v) is 4.70. The van der Waals surface area contributed by atoms with Crippen LogP contribution in [0.5, 0.6) is 0 Å². The lowest BCUT2D eigenvalue weighted by Crippen LogP contribution is -2.41. The Bertz CT molecular complexity index is 540. The van der Waals surface area contributed by atoms with Crippen LogP contribution < -0.4 is 10.6 Å². The van der Waals surface area contributed by atoms with E-state index in [9.17, 15) is 14.4 Å². The number of amides is 3. The van der Waals surface area contributed by atoms with E-state index in [1.165, 1.54) is 0 Å². The SMILES string of the molecule is CCCNC(=O)NC(=O)COC(=O)c1cc(C)ccc1C. The van der Waals surface area contributed by atoms with E-state index in [0.717, 1.165) is 17.5 Å². The number of esters is 1. The molecule has 0 saturated heterocycles. The van der Waals surface area contributed by atoms with Crippen LogP contribution in [-0.2, 0) is 9.53 Å². The van der Waals surface area contributed by atoms with E-state index in [1.54, 1.807) is 13.0 Å². The molecule has 0 saturated carbocycles. The highest BCUT2D eigenvalue weighted by atomic mass is 16.5. The van der Waals surface area contributed by atoms with Gasteiger partial charge in [-0.1, -0.05) is 24.6 Å². The van der Waals surface area contributed by atoms with Crippen LogP contribution in [-0.4, -0.2) is 31.1 Å². The van der Waals surface area contributed by atoms with Gasteiger partial charge in [0.2, 0.25) is 0 Å². The average molecular weight is 292 g/mol. The summed E-state index contributed by atoms with van der Waals surface area (Å²) in [4.78, 5) is 34.6. The molecule has 0 aliphatic carbocycles. The monoisotopic (exact) mass is 292 g/mol. The van der Waals surface area contributed by atoms with Gasteiger partial charge in [0.25, 0.3) is 5.91 Å². The van der Waals surface area contributed by atoms with E-state index in [2.05, 4.69) is 10.6 Å². The van der Waals surface area contributed by atoms with Crippen molar-refractivity contribution in [2.45, 2.75) is 27.2 Å². The minimum absolute atomic E-state index is 0.415. The van der Waals surface area contributed by atoms with Gasteiger partial charge < -0.3 is 10.1 Å². The highest BCUT2D eigenvalue weighted by Crippen LogP contribution is 2.11. The Morgan fingerprint density at radius 3 is 2.57 bits per heavy atom. The predicted molar refractivity (Wildman–Crippen MR) is 78.0 cm³/mol. The van der Waals surface area contributed by atoms with Gasteiger partial charge in [0.1, 0.15) is 0 Å². The summed E-state index contributed by atoms with van der Waals surface area (Å²) in [6.45, 7) is 5.52. The standard InChI is InChI=1S/C15H20N2O4/c1-4-7-16-15(20)17-13(18)9-21-14(19)12-8-10(2)5-6-11(12)3/h5-6,8H,4,7,9H2,1-3H3,(H2,16,17,18,20). The van der Waals surface area contributed by atoms with Gasteiger partial charge in [0.15, 0.2) is 6.61 Å². The Hall–Kier alpha value is -2.37. The van der Waals surface area contributed by atoms with Crippen LogP contribution in [0.2, 0.25) is 0 Å². The van der Waals surface area contributed by atoms with Crippen molar-refractivity contribution in [3.05, 3.63) is 34.9 Å². The Morgan fingerprint density at radius 2 is 1.90 bits per heavy atom. The van der Waals surface area contributed by atoms with Crippen molar-refractivity contribution >= 4 is 17.9 Å². The Balaban J connectivity index is 2.47. The summed E-state index contributed by atoms with van der Waals surface area (Å²) < 4.78 is 4.90. The van der Waals surface area contributed by atoms with Gasteiger partial charge in [-0.2, -0.15) is 0 Å². The molecule has 0 aromatic heterocycles. The number of hydrogen-bond acceptors (Lipinski definition) is 4. The number of rotatable bonds is 5. The quantitative estimate of drug-likeness (QED) is 0.809. The first-order chi connectivity index (χ1) is 9.93. The molecule has 0 bridgehead atoms. The Morgan fingerprint density at radius 1 is 1.19 bits per heavy atom. The smallest absolute Gasteiger partial charge is 0.338 e. The molecule has 21 heavy (non-hydrogen) atoms. The van der Waals surface area contributed by atoms with Crippen LogP contribution in [0.1, 0.15) is 34.8 Å². The van der Waals surface area contributed by atoms with Crippen LogP contribution in [0, 0.1) is 13.8 Å². The number of imide groups is 1. The second kappa shape index (κ2) is 8.04. The molecular formula is C15H20N2O4. The molecule has 0 aliphatic rings. The zero-order valence-electron chi connectivity index (χ0n) is 12.5. The minimum Gasteiger partial charge on any atom is -0.452 e. The zero-order valence-corrected chi connectivity index (χ0v) is 12.5. The van der Waals surface area contributed by atoms with Crippen LogP contribution >= 0.6 is 0 Å². The third-order valence-electron chi connectivity index (χ3n) is 2.74. The van der Waals surface area contributed by atoms with Gasteiger partial charge >= 0.3 is 12.0 Å². The van der Waals surface area contributed by atoms with Crippen molar-refractivity contribution in [3.8, 4) is 0 Å². The van der Waals surface area contributed by atoms with Gasteiger partial charge in [-0.25, -0.2) is 9.59 Å². The van der Waals surface area contributed by atoms with Gasteiger partial charge in [-0.15, -0.1) is 0 Å². The summed E-state index contributed by atoms with van der Waals surface area (Å²) in [7, 11) is 0. The fourth-order valence-electron chi connectivity index (χ4n) is 1.61. The molecule has 0 aliphatic heterocycles. The Labute approximate surface area is 123 Å². The van der Waals surface area contributed by atoms with Crippen LogP contribution in [0.4, 0.5) is 4.79 Å². The highest BCUT2D eigenvalue weighted by molar-refractivity contribution is 5.97. The zero-order chi connectivity index (χ0) is 15.8. The van der Waals surface area contributed by atoms with Crippen molar-refractivity contribution in [2.75, 3.05) is 13.2 Å². The van der Waals surface area contributed by atoms with Crippen LogP contribution in [0.25, 0.3) is 0 Å². The van der Waals surface area contributed by atoms with Gasteiger partial charge in [-0.05, 0) is 31.9 Å². The summed E-state index contributed by atoms with van der Waals surface area (Å²) in [5.41, 5.74) is 2.11. The first-order valence-electron chi connectivity index (χ1n) is 6.76. The minimum atomic E-state index is -0.665. The topological polar surface area (TPSA) is 84.5 Å². The molecule has 6 heteroatoms. The number of urea groups is 1. The van der Waals surface area contributed by atoms with Crippen LogP contribution in [0.15, 0.2) is 18.2 Å². The van der Waals surface area contributed by atoms with E-state index >= 15 is 0 Å². The first kappa shape index (κ1) is 16.7. The van der Waals surface area contributed by atoms with Gasteiger partial charge in [0, 0.05) is 6.54 Å². The molecule has 0 atom stereocenters. The maximum Gasteiger partial charge on any atom is 0.338 e. The summed E-state index contributed by atoms with van der Waals surface area (Å²) in [5.74, 6) is -1.25. The molecule has 2 N–H and O–H groups in total. The average Bonchev–Trinajstić information content (AvgIpc) is 2.45. The van der Waals surface area contributed by atoms with E-state index in [0.29, 0.717) is 12.1 Å². The first-order valence-corrected chi connectivity index (χ1v) is 6.76. The number of hydrogen-bond donors (Lipinski definition) is 2. The molecule has 0 spiro atoms. The number of ether oxygens (including phenoxy) is 1. The largest absolute Gasteiger partial charge is 0.452 e. The molecule has 1 rings (SSSR count). The molecule has 3 amide bonds. The van der Waals surface area contributed by atoms with E-state index in [-0.39, 0.29) is 0 Å². The lowest BCUT2D eigenvalue weighted by atomic mass is 10.1. The lowest BCUT2D eigenvalue weighted by molar-refractivity contribution is -0.123. The van der Waals surface area contributed by atoms with E-state index < -0.39 is 24.5 Å². The number of carbonyl (C=O) groups is 3. The third kappa shape index (κ3) is 5.64. The molecule has 0 radical (unpaired) electrons. The van der Waals surface area contributed by atoms with Crippen molar-refractivity contribution < 1.29 is 19.1 Å². The Kier molecular flexibility index (Phi) is 6.39. The predicted octanol–water partition coefficient (Wildman–Crippen LogP) is 1.70. The lowest BCUT2D eigenvalue weighted by Gasteiger charge is -2.08. The molecule has 6 nitrogen and oxygen atoms in total. The van der Waals surface area contributed by atoms with Crippen molar-refractivity contribution in [1.82, 2.24) is 10.6 Å². The number of nitrogens with one attached hydrogen (secondary N) is 2. The summed E-state index contributed by atoms with van der Waals surface area (Å²) >= 11 is 0. The fraction of sp³-hybridized carbons (Fsp3) is 0.400. The maximum atomic E-state index is 11.9.